The first-order valence-corrected chi connectivity index (χ1v) is 15.0. The Morgan fingerprint density at radius 3 is 2.29 bits per heavy atom. The summed E-state index contributed by atoms with van der Waals surface area (Å²) in [5.74, 6) is -0.958. The van der Waals surface area contributed by atoms with Crippen LogP contribution in [-0.4, -0.2) is 53.5 Å². The number of hydrogen-bond donors (Lipinski definition) is 3. The lowest BCUT2D eigenvalue weighted by Gasteiger charge is -2.23. The Kier molecular flexibility index (Phi) is 9.63. The number of carbonyl (C=O) groups is 4. The first kappa shape index (κ1) is 31.5. The Hall–Kier alpha value is -4.96. The van der Waals surface area contributed by atoms with Gasteiger partial charge in [0.15, 0.2) is 11.6 Å². The summed E-state index contributed by atoms with van der Waals surface area (Å²) in [5.41, 5.74) is 5.80. The fraction of sp³-hybridized carbons (Fsp3) is 0.314. The van der Waals surface area contributed by atoms with Crippen LogP contribution in [0.4, 0.5) is 10.5 Å². The van der Waals surface area contributed by atoms with Gasteiger partial charge in [-0.2, -0.15) is 0 Å². The summed E-state index contributed by atoms with van der Waals surface area (Å²) in [6.45, 7) is 5.78. The number of carbonyl (C=O) groups excluding carboxylic acids is 4. The third-order valence-corrected chi connectivity index (χ3v) is 7.34. The van der Waals surface area contributed by atoms with Crippen LogP contribution in [0.2, 0.25) is 0 Å². The van der Waals surface area contributed by atoms with Gasteiger partial charge in [0.1, 0.15) is 11.6 Å². The number of unbranched alkanes of at least 4 members (excludes halogenated alkanes) is 2. The molecule has 234 valence electrons. The third-order valence-electron chi connectivity index (χ3n) is 7.34. The largest absolute Gasteiger partial charge is 0.464 e. The van der Waals surface area contributed by atoms with Gasteiger partial charge in [-0.3, -0.25) is 19.9 Å². The van der Waals surface area contributed by atoms with Crippen molar-refractivity contribution in [1.29, 1.82) is 0 Å². The highest BCUT2D eigenvalue weighted by atomic mass is 16.6. The number of ketones is 2. The summed E-state index contributed by atoms with van der Waals surface area (Å²) in [6.07, 6.45) is 3.33. The minimum absolute atomic E-state index is 0.175. The highest BCUT2D eigenvalue weighted by Gasteiger charge is 2.31. The maximum absolute atomic E-state index is 13.1. The second kappa shape index (κ2) is 13.8. The molecule has 3 N–H and O–H groups in total. The number of esters is 1. The lowest BCUT2D eigenvalue weighted by molar-refractivity contribution is -0.146. The molecule has 0 unspecified atom stereocenters. The van der Waals surface area contributed by atoms with E-state index in [0.29, 0.717) is 53.8 Å². The number of amides is 1. The Labute approximate surface area is 261 Å². The predicted octanol–water partition coefficient (Wildman–Crippen LogP) is 6.14. The van der Waals surface area contributed by atoms with Crippen LogP contribution in [0.3, 0.4) is 0 Å². The second-order valence-corrected chi connectivity index (χ2v) is 11.9. The Morgan fingerprint density at radius 1 is 0.822 bits per heavy atom. The standard InChI is InChI=1S/C35H37N3O7/c1-35(2,3)45-34(42)37-29(20-22-21-36-27-16-8-7-12-23(22)27)33(41)43-18-9-4-10-19-44-38-28-17-11-15-26-30(28)32(40)25-14-6-5-13-24(25)31(26)39/h5-8,11-17,21,29,36,38H,4,9-10,18-20H2,1-3H3,(H,37,42)/t29-/m0/s1. The van der Waals surface area contributed by atoms with Gasteiger partial charge in [0.25, 0.3) is 0 Å². The minimum atomic E-state index is -0.926. The van der Waals surface area contributed by atoms with Gasteiger partial charge < -0.3 is 19.8 Å². The SMILES string of the molecule is CC(C)(C)OC(=O)N[C@@H](Cc1c[nH]c2ccccc12)C(=O)OCCCCCONc1cccc2c1C(=O)c1ccccc1C2=O. The molecule has 1 aromatic heterocycles. The van der Waals surface area contributed by atoms with Crippen molar-refractivity contribution in [3.63, 3.8) is 0 Å². The van der Waals surface area contributed by atoms with E-state index in [9.17, 15) is 19.2 Å². The summed E-state index contributed by atoms with van der Waals surface area (Å²) in [6, 6.07) is 18.7. The smallest absolute Gasteiger partial charge is 0.408 e. The molecular weight excluding hydrogens is 574 g/mol. The third kappa shape index (κ3) is 7.58. The number of para-hydroxylation sites is 1. The van der Waals surface area contributed by atoms with Gasteiger partial charge in [0.05, 0.1) is 24.5 Å². The average molecular weight is 612 g/mol. The number of rotatable bonds is 12. The monoisotopic (exact) mass is 611 g/mol. The van der Waals surface area contributed by atoms with Crippen LogP contribution < -0.4 is 10.8 Å². The zero-order valence-electron chi connectivity index (χ0n) is 25.6. The van der Waals surface area contributed by atoms with Crippen molar-refractivity contribution < 1.29 is 33.5 Å². The number of anilines is 1. The molecule has 10 nitrogen and oxygen atoms in total. The average Bonchev–Trinajstić information content (AvgIpc) is 3.42. The molecule has 1 amide bonds. The van der Waals surface area contributed by atoms with E-state index in [1.54, 1.807) is 63.2 Å². The van der Waals surface area contributed by atoms with Crippen molar-refractivity contribution in [2.75, 3.05) is 18.7 Å². The fourth-order valence-corrected chi connectivity index (χ4v) is 5.25. The van der Waals surface area contributed by atoms with E-state index in [2.05, 4.69) is 15.8 Å². The molecule has 0 saturated carbocycles. The number of aromatic nitrogens is 1. The van der Waals surface area contributed by atoms with Crippen molar-refractivity contribution >= 4 is 40.2 Å². The highest BCUT2D eigenvalue weighted by Crippen LogP contribution is 2.32. The summed E-state index contributed by atoms with van der Waals surface area (Å²) < 4.78 is 10.9. The van der Waals surface area contributed by atoms with Gasteiger partial charge in [0.2, 0.25) is 0 Å². The van der Waals surface area contributed by atoms with E-state index < -0.39 is 23.7 Å². The molecule has 3 aromatic carbocycles. The molecule has 0 fully saturated rings. The van der Waals surface area contributed by atoms with Gasteiger partial charge in [-0.15, -0.1) is 0 Å². The fourth-order valence-electron chi connectivity index (χ4n) is 5.25. The second-order valence-electron chi connectivity index (χ2n) is 11.9. The number of aromatic amines is 1. The first-order chi connectivity index (χ1) is 21.6. The van der Waals surface area contributed by atoms with Gasteiger partial charge in [-0.05, 0) is 57.7 Å². The van der Waals surface area contributed by atoms with Crippen LogP contribution in [0.5, 0.6) is 0 Å². The summed E-state index contributed by atoms with van der Waals surface area (Å²) in [4.78, 5) is 60.4. The van der Waals surface area contributed by atoms with Gasteiger partial charge >= 0.3 is 12.1 Å². The Morgan fingerprint density at radius 2 is 1.51 bits per heavy atom. The van der Waals surface area contributed by atoms with Crippen LogP contribution in [0, 0.1) is 0 Å². The Bertz CT molecular complexity index is 1720. The number of benzene rings is 3. The zero-order valence-corrected chi connectivity index (χ0v) is 25.6. The number of H-pyrrole nitrogens is 1. The van der Waals surface area contributed by atoms with Crippen molar-refractivity contribution in [3.8, 4) is 0 Å². The van der Waals surface area contributed by atoms with Crippen LogP contribution in [0.1, 0.15) is 77.4 Å². The molecule has 1 aliphatic carbocycles. The summed E-state index contributed by atoms with van der Waals surface area (Å²) >= 11 is 0. The van der Waals surface area contributed by atoms with E-state index in [1.807, 2.05) is 30.5 Å². The van der Waals surface area contributed by atoms with Crippen LogP contribution >= 0.6 is 0 Å². The molecule has 1 aliphatic rings. The number of alkyl carbamates (subject to hydrolysis) is 1. The molecule has 10 heteroatoms. The normalized spacial score (nSPS) is 13.1. The number of nitrogens with one attached hydrogen (secondary N) is 3. The summed E-state index contributed by atoms with van der Waals surface area (Å²) in [5, 5.41) is 3.64. The number of fused-ring (bicyclic) bond motifs is 3. The van der Waals surface area contributed by atoms with Crippen molar-refractivity contribution in [2.45, 2.75) is 58.1 Å². The molecule has 5 rings (SSSR count). The molecule has 4 aromatic rings. The maximum Gasteiger partial charge on any atom is 0.408 e. The predicted molar refractivity (Wildman–Crippen MR) is 169 cm³/mol. The Balaban J connectivity index is 1.09. The molecule has 0 radical (unpaired) electrons. The molecule has 45 heavy (non-hydrogen) atoms. The molecule has 1 heterocycles. The molecular formula is C35H37N3O7. The number of ether oxygens (including phenoxy) is 2. The van der Waals surface area contributed by atoms with Gasteiger partial charge in [-0.1, -0.05) is 54.6 Å². The zero-order chi connectivity index (χ0) is 32.0. The van der Waals surface area contributed by atoms with E-state index >= 15 is 0 Å². The first-order valence-electron chi connectivity index (χ1n) is 15.0. The molecule has 1 atom stereocenters. The van der Waals surface area contributed by atoms with Crippen LogP contribution in [0.25, 0.3) is 10.9 Å². The van der Waals surface area contributed by atoms with E-state index in [1.165, 1.54) is 0 Å². The lowest BCUT2D eigenvalue weighted by atomic mass is 9.83. The molecule has 0 aliphatic heterocycles. The van der Waals surface area contributed by atoms with Crippen molar-refractivity contribution in [2.24, 2.45) is 0 Å². The quantitative estimate of drug-likeness (QED) is 0.0870. The molecule has 0 bridgehead atoms. The van der Waals surface area contributed by atoms with Crippen LogP contribution in [0.15, 0.2) is 72.9 Å². The molecule has 0 spiro atoms. The minimum Gasteiger partial charge on any atom is -0.464 e. The van der Waals surface area contributed by atoms with E-state index in [0.717, 1.165) is 16.5 Å². The summed E-state index contributed by atoms with van der Waals surface area (Å²) in [7, 11) is 0. The number of hydrogen-bond acceptors (Lipinski definition) is 8. The lowest BCUT2D eigenvalue weighted by Crippen LogP contribution is -2.45. The van der Waals surface area contributed by atoms with Crippen LogP contribution in [-0.2, 0) is 25.5 Å². The van der Waals surface area contributed by atoms with E-state index in [-0.39, 0.29) is 24.6 Å². The maximum atomic E-state index is 13.1. The molecule has 0 saturated heterocycles. The van der Waals surface area contributed by atoms with E-state index in [4.69, 9.17) is 14.3 Å². The highest BCUT2D eigenvalue weighted by molar-refractivity contribution is 6.30. The van der Waals surface area contributed by atoms with Crippen molar-refractivity contribution in [3.05, 3.63) is 101 Å². The van der Waals surface area contributed by atoms with Gasteiger partial charge in [0, 0.05) is 40.2 Å². The van der Waals surface area contributed by atoms with Gasteiger partial charge in [-0.25, -0.2) is 9.59 Å². The topological polar surface area (TPSA) is 136 Å². The van der Waals surface area contributed by atoms with Crippen molar-refractivity contribution in [1.82, 2.24) is 10.3 Å².